The molecule has 0 radical (unpaired) electrons. The van der Waals surface area contributed by atoms with E-state index in [1.165, 1.54) is 17.7 Å². The van der Waals surface area contributed by atoms with E-state index in [-0.39, 0.29) is 29.7 Å². The number of amides is 2. The normalized spacial score (nSPS) is 44.3. The second-order valence-corrected chi connectivity index (χ2v) is 6.36. The predicted octanol–water partition coefficient (Wildman–Crippen LogP) is 1.59. The molecule has 4 aliphatic rings. The van der Waals surface area contributed by atoms with E-state index in [1.807, 2.05) is 13.8 Å². The molecule has 1 spiro atoms. The van der Waals surface area contributed by atoms with Crippen LogP contribution in [0, 0.1) is 29.1 Å². The Bertz CT molecular complexity index is 427. The summed E-state index contributed by atoms with van der Waals surface area (Å²) in [5.41, 5.74) is 0.323. The largest absolute Gasteiger partial charge is 0.280 e. The molecule has 0 aromatic carbocycles. The van der Waals surface area contributed by atoms with Gasteiger partial charge in [0.1, 0.15) is 0 Å². The fourth-order valence-electron chi connectivity index (χ4n) is 4.61. The third kappa shape index (κ3) is 0.883. The Morgan fingerprint density at radius 2 is 1.59 bits per heavy atom. The van der Waals surface area contributed by atoms with E-state index in [1.54, 1.807) is 0 Å². The van der Waals surface area contributed by atoms with Crippen molar-refractivity contribution in [2.24, 2.45) is 29.1 Å². The van der Waals surface area contributed by atoms with Crippen LogP contribution in [-0.4, -0.2) is 22.8 Å². The van der Waals surface area contributed by atoms with Crippen molar-refractivity contribution in [3.8, 4) is 0 Å². The number of fused-ring (bicyclic) bond motifs is 3. The number of rotatable bonds is 1. The van der Waals surface area contributed by atoms with Gasteiger partial charge in [0.25, 0.3) is 0 Å². The molecule has 2 amide bonds. The highest BCUT2D eigenvalue weighted by Gasteiger charge is 2.73. The van der Waals surface area contributed by atoms with E-state index in [4.69, 9.17) is 0 Å². The van der Waals surface area contributed by atoms with Gasteiger partial charge in [0.15, 0.2) is 0 Å². The molecule has 2 bridgehead atoms. The molecule has 0 unspecified atom stereocenters. The van der Waals surface area contributed by atoms with Crippen molar-refractivity contribution in [2.45, 2.75) is 32.7 Å². The fourth-order valence-corrected chi connectivity index (χ4v) is 4.61. The Labute approximate surface area is 101 Å². The van der Waals surface area contributed by atoms with Crippen molar-refractivity contribution < 1.29 is 9.59 Å². The molecule has 3 fully saturated rings. The highest BCUT2D eigenvalue weighted by Crippen LogP contribution is 2.73. The Morgan fingerprint density at radius 3 is 1.94 bits per heavy atom. The van der Waals surface area contributed by atoms with E-state index < -0.39 is 0 Å². The Hall–Kier alpha value is -1.12. The van der Waals surface area contributed by atoms with Gasteiger partial charge in [-0.2, -0.15) is 0 Å². The average Bonchev–Trinajstić information content (AvgIpc) is 2.85. The number of hydrogen-bond donors (Lipinski definition) is 0. The molecule has 3 nitrogen and oxygen atoms in total. The van der Waals surface area contributed by atoms with Crippen LogP contribution in [0.25, 0.3) is 0 Å². The Morgan fingerprint density at radius 1 is 1.12 bits per heavy atom. The van der Waals surface area contributed by atoms with Crippen molar-refractivity contribution in [1.29, 1.82) is 0 Å². The maximum atomic E-state index is 12.4. The van der Waals surface area contributed by atoms with Gasteiger partial charge in [-0.1, -0.05) is 12.2 Å². The van der Waals surface area contributed by atoms with Gasteiger partial charge in [0, 0.05) is 6.04 Å². The van der Waals surface area contributed by atoms with Crippen molar-refractivity contribution in [1.82, 2.24) is 4.90 Å². The zero-order chi connectivity index (χ0) is 11.9. The molecule has 1 aliphatic heterocycles. The second-order valence-electron chi connectivity index (χ2n) is 6.36. The van der Waals surface area contributed by atoms with Crippen LogP contribution in [-0.2, 0) is 9.59 Å². The summed E-state index contributed by atoms with van der Waals surface area (Å²) in [6.45, 7) is 3.86. The summed E-state index contributed by atoms with van der Waals surface area (Å²) in [5, 5.41) is 0. The van der Waals surface area contributed by atoms with E-state index in [0.29, 0.717) is 17.3 Å². The van der Waals surface area contributed by atoms with Gasteiger partial charge in [0.05, 0.1) is 11.8 Å². The summed E-state index contributed by atoms with van der Waals surface area (Å²) in [4.78, 5) is 26.3. The molecule has 3 heteroatoms. The number of imide groups is 1. The van der Waals surface area contributed by atoms with Crippen LogP contribution in [0.1, 0.15) is 26.7 Å². The average molecular weight is 231 g/mol. The summed E-state index contributed by atoms with van der Waals surface area (Å²) < 4.78 is 0. The van der Waals surface area contributed by atoms with Crippen LogP contribution in [0.15, 0.2) is 12.2 Å². The summed E-state index contributed by atoms with van der Waals surface area (Å²) in [5.74, 6) is 0.858. The lowest BCUT2D eigenvalue weighted by Crippen LogP contribution is -2.39. The maximum absolute atomic E-state index is 12.4. The van der Waals surface area contributed by atoms with Gasteiger partial charge in [0.2, 0.25) is 11.8 Å². The smallest absolute Gasteiger partial charge is 0.233 e. The van der Waals surface area contributed by atoms with Crippen LogP contribution in [0.4, 0.5) is 0 Å². The van der Waals surface area contributed by atoms with Gasteiger partial charge >= 0.3 is 0 Å². The van der Waals surface area contributed by atoms with Crippen LogP contribution in [0.2, 0.25) is 0 Å². The van der Waals surface area contributed by atoms with Crippen LogP contribution >= 0.6 is 0 Å². The lowest BCUT2D eigenvalue weighted by molar-refractivity contribution is -0.143. The topological polar surface area (TPSA) is 37.4 Å². The quantitative estimate of drug-likeness (QED) is 0.507. The molecule has 1 saturated heterocycles. The molecular formula is C14H17NO2. The number of nitrogens with zero attached hydrogens (tertiary/aromatic N) is 1. The van der Waals surface area contributed by atoms with Gasteiger partial charge in [-0.3, -0.25) is 14.5 Å². The first-order valence-electron chi connectivity index (χ1n) is 6.63. The van der Waals surface area contributed by atoms with E-state index in [2.05, 4.69) is 12.2 Å². The standard InChI is InChI=1S/C14H17NO2/c1-7(2)15-12(16)10-8-3-4-9(11(10)13(15)17)14(8)5-6-14/h3-4,7-11H,5-6H2,1-2H3/t8-,9+,10-,11-/m0/s1. The highest BCUT2D eigenvalue weighted by atomic mass is 16.2. The summed E-state index contributed by atoms with van der Waals surface area (Å²) >= 11 is 0. The second kappa shape index (κ2) is 2.65. The molecule has 17 heavy (non-hydrogen) atoms. The highest BCUT2D eigenvalue weighted by molar-refractivity contribution is 6.07. The third-order valence-electron chi connectivity index (χ3n) is 5.40. The van der Waals surface area contributed by atoms with Crippen molar-refractivity contribution in [2.75, 3.05) is 0 Å². The molecule has 1 heterocycles. The summed E-state index contributed by atoms with van der Waals surface area (Å²) in [7, 11) is 0. The fraction of sp³-hybridized carbons (Fsp3) is 0.714. The first kappa shape index (κ1) is 9.86. The molecule has 0 N–H and O–H groups in total. The number of likely N-dealkylation sites (tertiary alicyclic amines) is 1. The maximum Gasteiger partial charge on any atom is 0.233 e. The molecule has 3 aliphatic carbocycles. The van der Waals surface area contributed by atoms with E-state index in [9.17, 15) is 9.59 Å². The lowest BCUT2D eigenvalue weighted by Gasteiger charge is -2.24. The zero-order valence-electron chi connectivity index (χ0n) is 10.2. The SMILES string of the molecule is CC(C)N1C(=O)[C@@H]2[C@@H](C1=O)[C@@H]1C=C[C@H]2C12CC2. The monoisotopic (exact) mass is 231 g/mol. The van der Waals surface area contributed by atoms with Crippen LogP contribution in [0.3, 0.4) is 0 Å². The number of carbonyl (C=O) groups is 2. The van der Waals surface area contributed by atoms with Crippen molar-refractivity contribution >= 4 is 11.8 Å². The predicted molar refractivity (Wildman–Crippen MR) is 61.8 cm³/mol. The van der Waals surface area contributed by atoms with Gasteiger partial charge in [-0.25, -0.2) is 0 Å². The molecule has 0 aromatic heterocycles. The number of carbonyl (C=O) groups excluding carboxylic acids is 2. The molecule has 4 rings (SSSR count). The minimum Gasteiger partial charge on any atom is -0.280 e. The van der Waals surface area contributed by atoms with Crippen molar-refractivity contribution in [3.05, 3.63) is 12.2 Å². The minimum atomic E-state index is -0.0256. The van der Waals surface area contributed by atoms with E-state index >= 15 is 0 Å². The summed E-state index contributed by atoms with van der Waals surface area (Å²) in [6.07, 6.45) is 6.86. The molecule has 4 atom stereocenters. The van der Waals surface area contributed by atoms with Crippen LogP contribution in [0.5, 0.6) is 0 Å². The molecule has 2 saturated carbocycles. The Kier molecular flexibility index (Phi) is 1.54. The van der Waals surface area contributed by atoms with Gasteiger partial charge in [-0.05, 0) is 43.9 Å². The number of allylic oxidation sites excluding steroid dienone is 2. The number of hydrogen-bond acceptors (Lipinski definition) is 2. The lowest BCUT2D eigenvalue weighted by atomic mass is 9.85. The van der Waals surface area contributed by atoms with Gasteiger partial charge < -0.3 is 0 Å². The molecule has 0 aromatic rings. The van der Waals surface area contributed by atoms with Crippen LogP contribution < -0.4 is 0 Å². The Balaban J connectivity index is 1.79. The molecule has 90 valence electrons. The zero-order valence-corrected chi connectivity index (χ0v) is 10.2. The van der Waals surface area contributed by atoms with Gasteiger partial charge in [-0.15, -0.1) is 0 Å². The minimum absolute atomic E-state index is 0.00940. The molecular weight excluding hydrogens is 214 g/mol. The third-order valence-corrected chi connectivity index (χ3v) is 5.40. The van der Waals surface area contributed by atoms with Crippen molar-refractivity contribution in [3.63, 3.8) is 0 Å². The summed E-state index contributed by atoms with van der Waals surface area (Å²) in [6, 6.07) is 0.00940. The first-order chi connectivity index (χ1) is 8.08. The van der Waals surface area contributed by atoms with E-state index in [0.717, 1.165) is 0 Å². The first-order valence-corrected chi connectivity index (χ1v) is 6.63.